The molecule has 1 N–H and O–H groups in total. The molecule has 1 unspecified atom stereocenters. The Morgan fingerprint density at radius 2 is 2.24 bits per heavy atom. The number of methoxy groups -OCH3 is 1. The van der Waals surface area contributed by atoms with Gasteiger partial charge in [0.15, 0.2) is 5.82 Å². The van der Waals surface area contributed by atoms with Crippen molar-refractivity contribution in [2.24, 2.45) is 5.92 Å². The van der Waals surface area contributed by atoms with Crippen molar-refractivity contribution in [1.29, 1.82) is 0 Å². The zero-order valence-electron chi connectivity index (χ0n) is 13.6. The van der Waals surface area contributed by atoms with Crippen LogP contribution in [0, 0.1) is 5.92 Å². The number of aromatic nitrogens is 2. The van der Waals surface area contributed by atoms with E-state index in [1.54, 1.807) is 7.11 Å². The highest BCUT2D eigenvalue weighted by Gasteiger charge is 2.20. The summed E-state index contributed by atoms with van der Waals surface area (Å²) < 4.78 is 5.20. The number of nitrogens with zero attached hydrogens (tertiary/aromatic N) is 3. The third kappa shape index (κ3) is 4.56. The maximum absolute atomic E-state index is 5.20. The van der Waals surface area contributed by atoms with Gasteiger partial charge >= 0.3 is 0 Å². The molecule has 0 radical (unpaired) electrons. The summed E-state index contributed by atoms with van der Waals surface area (Å²) in [6.45, 7) is 8.01. The van der Waals surface area contributed by atoms with E-state index in [2.05, 4.69) is 40.1 Å². The minimum Gasteiger partial charge on any atom is -0.377 e. The molecule has 118 valence electrons. The molecule has 0 saturated carbocycles. The van der Waals surface area contributed by atoms with Gasteiger partial charge in [0.25, 0.3) is 0 Å². The Kier molecular flexibility index (Phi) is 6.23. The molecule has 1 saturated heterocycles. The van der Waals surface area contributed by atoms with E-state index in [9.17, 15) is 0 Å². The molecular weight excluding hydrogens is 264 g/mol. The first-order valence-corrected chi connectivity index (χ1v) is 8.12. The van der Waals surface area contributed by atoms with Gasteiger partial charge in [-0.1, -0.05) is 20.3 Å². The van der Waals surface area contributed by atoms with Crippen LogP contribution in [0.5, 0.6) is 0 Å². The predicted molar refractivity (Wildman–Crippen MR) is 86.8 cm³/mol. The van der Waals surface area contributed by atoms with Gasteiger partial charge in [-0.05, 0) is 25.2 Å². The van der Waals surface area contributed by atoms with Gasteiger partial charge in [0.1, 0.15) is 18.2 Å². The Morgan fingerprint density at radius 3 is 2.95 bits per heavy atom. The van der Waals surface area contributed by atoms with Gasteiger partial charge in [-0.15, -0.1) is 0 Å². The van der Waals surface area contributed by atoms with Crippen LogP contribution < -0.4 is 10.2 Å². The fourth-order valence-corrected chi connectivity index (χ4v) is 2.79. The van der Waals surface area contributed by atoms with Crippen LogP contribution in [-0.2, 0) is 11.3 Å². The topological polar surface area (TPSA) is 50.3 Å². The van der Waals surface area contributed by atoms with Crippen molar-refractivity contribution < 1.29 is 4.74 Å². The number of piperidine rings is 1. The van der Waals surface area contributed by atoms with Gasteiger partial charge in [-0.2, -0.15) is 0 Å². The summed E-state index contributed by atoms with van der Waals surface area (Å²) in [5, 5.41) is 3.36. The second kappa shape index (κ2) is 8.17. The van der Waals surface area contributed by atoms with Gasteiger partial charge in [-0.3, -0.25) is 0 Å². The van der Waals surface area contributed by atoms with Crippen molar-refractivity contribution in [1.82, 2.24) is 9.97 Å². The molecule has 2 heterocycles. The van der Waals surface area contributed by atoms with Crippen molar-refractivity contribution in [3.8, 4) is 0 Å². The van der Waals surface area contributed by atoms with Crippen LogP contribution in [-0.4, -0.2) is 36.7 Å². The molecule has 2 rings (SSSR count). The maximum Gasteiger partial charge on any atom is 0.158 e. The van der Waals surface area contributed by atoms with E-state index in [0.717, 1.165) is 49.4 Å². The Bertz CT molecular complexity index is 438. The minimum atomic E-state index is 0.458. The van der Waals surface area contributed by atoms with Crippen LogP contribution in [0.1, 0.15) is 45.4 Å². The summed E-state index contributed by atoms with van der Waals surface area (Å²) in [6, 6.07) is 2.08. The Morgan fingerprint density at radius 1 is 1.38 bits per heavy atom. The molecule has 1 atom stereocenters. The normalized spacial score (nSPS) is 18.8. The highest BCUT2D eigenvalue weighted by molar-refractivity contribution is 5.49. The summed E-state index contributed by atoms with van der Waals surface area (Å²) in [5.74, 6) is 3.49. The quantitative estimate of drug-likeness (QED) is 0.837. The molecule has 0 spiro atoms. The van der Waals surface area contributed by atoms with Gasteiger partial charge in [0, 0.05) is 32.8 Å². The lowest BCUT2D eigenvalue weighted by atomic mass is 9.96. The van der Waals surface area contributed by atoms with E-state index in [0.29, 0.717) is 6.61 Å². The summed E-state index contributed by atoms with van der Waals surface area (Å²) in [5.41, 5.74) is 0. The van der Waals surface area contributed by atoms with Gasteiger partial charge in [0.2, 0.25) is 0 Å². The third-order valence-electron chi connectivity index (χ3n) is 4.01. The number of rotatable bonds is 7. The Balaban J connectivity index is 2.17. The van der Waals surface area contributed by atoms with E-state index in [-0.39, 0.29) is 0 Å². The highest BCUT2D eigenvalue weighted by atomic mass is 16.5. The van der Waals surface area contributed by atoms with E-state index >= 15 is 0 Å². The van der Waals surface area contributed by atoms with E-state index in [4.69, 9.17) is 4.74 Å². The number of ether oxygens (including phenoxy) is 1. The molecule has 1 fully saturated rings. The third-order valence-corrected chi connectivity index (χ3v) is 4.01. The lowest BCUT2D eigenvalue weighted by Gasteiger charge is -2.33. The van der Waals surface area contributed by atoms with Crippen molar-refractivity contribution in [2.45, 2.75) is 46.1 Å². The molecule has 0 bridgehead atoms. The summed E-state index contributed by atoms with van der Waals surface area (Å²) in [6.07, 6.45) is 4.91. The number of hydrogen-bond acceptors (Lipinski definition) is 5. The van der Waals surface area contributed by atoms with Crippen molar-refractivity contribution in [3.05, 3.63) is 11.9 Å². The van der Waals surface area contributed by atoms with Crippen LogP contribution in [0.2, 0.25) is 0 Å². The van der Waals surface area contributed by atoms with Crippen LogP contribution in [0.25, 0.3) is 0 Å². The molecule has 1 aliphatic rings. The molecule has 0 aliphatic carbocycles. The summed E-state index contributed by atoms with van der Waals surface area (Å²) >= 11 is 0. The first-order valence-electron chi connectivity index (χ1n) is 8.12. The average Bonchev–Trinajstić information content (AvgIpc) is 2.53. The number of hydrogen-bond donors (Lipinski definition) is 1. The lowest BCUT2D eigenvalue weighted by molar-refractivity contribution is 0.178. The summed E-state index contributed by atoms with van der Waals surface area (Å²) in [7, 11) is 1.68. The standard InChI is InChI=1S/C16H28N4O/c1-4-8-17-14-10-16(19-15(18-14)12-21-3)20-9-6-7-13(5-2)11-20/h10,13H,4-9,11-12H2,1-3H3,(H,17,18,19). The molecule has 5 heteroatoms. The smallest absolute Gasteiger partial charge is 0.158 e. The Hall–Kier alpha value is -1.36. The SMILES string of the molecule is CCCNc1cc(N2CCCC(CC)C2)nc(COC)n1. The molecule has 21 heavy (non-hydrogen) atoms. The molecule has 1 aromatic rings. The van der Waals surface area contributed by atoms with Crippen molar-refractivity contribution in [2.75, 3.05) is 37.0 Å². The number of nitrogens with one attached hydrogen (secondary N) is 1. The molecule has 5 nitrogen and oxygen atoms in total. The Labute approximate surface area is 128 Å². The van der Waals surface area contributed by atoms with Gasteiger partial charge < -0.3 is 15.0 Å². The molecule has 1 aliphatic heterocycles. The molecule has 0 amide bonds. The molecule has 1 aromatic heterocycles. The van der Waals surface area contributed by atoms with Crippen LogP contribution in [0.3, 0.4) is 0 Å². The molecule has 0 aromatic carbocycles. The average molecular weight is 292 g/mol. The highest BCUT2D eigenvalue weighted by Crippen LogP contribution is 2.25. The zero-order chi connectivity index (χ0) is 15.1. The number of anilines is 2. The fraction of sp³-hybridized carbons (Fsp3) is 0.750. The monoisotopic (exact) mass is 292 g/mol. The van der Waals surface area contributed by atoms with Gasteiger partial charge in [0.05, 0.1) is 0 Å². The zero-order valence-corrected chi connectivity index (χ0v) is 13.6. The van der Waals surface area contributed by atoms with Crippen LogP contribution >= 0.6 is 0 Å². The second-order valence-corrected chi connectivity index (χ2v) is 5.75. The predicted octanol–water partition coefficient (Wildman–Crippen LogP) is 3.07. The first-order chi connectivity index (χ1) is 10.3. The molecular formula is C16H28N4O. The van der Waals surface area contributed by atoms with Crippen molar-refractivity contribution >= 4 is 11.6 Å². The summed E-state index contributed by atoms with van der Waals surface area (Å²) in [4.78, 5) is 11.6. The van der Waals surface area contributed by atoms with Gasteiger partial charge in [-0.25, -0.2) is 9.97 Å². The largest absolute Gasteiger partial charge is 0.377 e. The van der Waals surface area contributed by atoms with E-state index in [1.165, 1.54) is 19.3 Å². The minimum absolute atomic E-state index is 0.458. The fourth-order valence-electron chi connectivity index (χ4n) is 2.79. The van der Waals surface area contributed by atoms with E-state index in [1.807, 2.05) is 0 Å². The first kappa shape index (κ1) is 16.0. The lowest BCUT2D eigenvalue weighted by Crippen LogP contribution is -2.36. The van der Waals surface area contributed by atoms with Crippen LogP contribution in [0.4, 0.5) is 11.6 Å². The maximum atomic E-state index is 5.20. The van der Waals surface area contributed by atoms with Crippen molar-refractivity contribution in [3.63, 3.8) is 0 Å². The van der Waals surface area contributed by atoms with Crippen LogP contribution in [0.15, 0.2) is 6.07 Å². The second-order valence-electron chi connectivity index (χ2n) is 5.75. The van der Waals surface area contributed by atoms with E-state index < -0.39 is 0 Å².